The van der Waals surface area contributed by atoms with E-state index >= 15 is 0 Å². The van der Waals surface area contributed by atoms with Gasteiger partial charge in [0.2, 0.25) is 5.91 Å². The fourth-order valence-corrected chi connectivity index (χ4v) is 3.03. The molecule has 0 radical (unpaired) electrons. The first-order valence-corrected chi connectivity index (χ1v) is 9.96. The SMILES string of the molecule is CCCCCCCCCCCCc1ccc(C=C(CN)C(N)=O)cc1. The number of amides is 1. The molecule has 0 atom stereocenters. The summed E-state index contributed by atoms with van der Waals surface area (Å²) < 4.78 is 0. The van der Waals surface area contributed by atoms with E-state index in [2.05, 4.69) is 19.1 Å². The van der Waals surface area contributed by atoms with Gasteiger partial charge in [-0.15, -0.1) is 0 Å². The molecule has 0 aliphatic rings. The van der Waals surface area contributed by atoms with Crippen molar-refractivity contribution in [1.29, 1.82) is 0 Å². The predicted molar refractivity (Wildman–Crippen MR) is 108 cm³/mol. The van der Waals surface area contributed by atoms with Crippen molar-refractivity contribution in [2.24, 2.45) is 11.5 Å². The summed E-state index contributed by atoms with van der Waals surface area (Å²) in [6.45, 7) is 2.44. The summed E-state index contributed by atoms with van der Waals surface area (Å²) in [5.41, 5.74) is 13.6. The zero-order valence-electron chi connectivity index (χ0n) is 15.9. The Morgan fingerprint density at radius 2 is 1.40 bits per heavy atom. The third-order valence-electron chi connectivity index (χ3n) is 4.68. The fourth-order valence-electron chi connectivity index (χ4n) is 3.03. The Hall–Kier alpha value is -1.61. The van der Waals surface area contributed by atoms with Crippen LogP contribution in [0.2, 0.25) is 0 Å². The Bertz CT molecular complexity index is 505. The van der Waals surface area contributed by atoms with Crippen molar-refractivity contribution in [3.8, 4) is 0 Å². The molecule has 0 aromatic heterocycles. The van der Waals surface area contributed by atoms with Crippen molar-refractivity contribution >= 4 is 12.0 Å². The van der Waals surface area contributed by atoms with Gasteiger partial charge in [-0.1, -0.05) is 89.0 Å². The zero-order chi connectivity index (χ0) is 18.3. The van der Waals surface area contributed by atoms with Gasteiger partial charge in [-0.05, 0) is 30.0 Å². The van der Waals surface area contributed by atoms with Crippen molar-refractivity contribution in [3.05, 3.63) is 41.0 Å². The minimum atomic E-state index is -0.447. The van der Waals surface area contributed by atoms with Gasteiger partial charge in [0.1, 0.15) is 0 Å². The summed E-state index contributed by atoms with van der Waals surface area (Å²) >= 11 is 0. The number of nitrogens with two attached hydrogens (primary N) is 2. The number of unbranched alkanes of at least 4 members (excludes halogenated alkanes) is 9. The quantitative estimate of drug-likeness (QED) is 0.369. The summed E-state index contributed by atoms with van der Waals surface area (Å²) in [7, 11) is 0. The molecule has 0 aliphatic heterocycles. The molecule has 0 fully saturated rings. The standard InChI is InChI=1S/C22H36N2O/c1-2-3-4-5-6-7-8-9-10-11-12-19-13-15-20(16-14-19)17-21(18-23)22(24)25/h13-17H,2-12,18,23H2,1H3,(H2,24,25). The van der Waals surface area contributed by atoms with E-state index in [-0.39, 0.29) is 6.54 Å². The summed E-state index contributed by atoms with van der Waals surface area (Å²) in [4.78, 5) is 11.2. The second-order valence-corrected chi connectivity index (χ2v) is 6.91. The molecule has 0 saturated carbocycles. The molecule has 0 spiro atoms. The third-order valence-corrected chi connectivity index (χ3v) is 4.68. The average molecular weight is 345 g/mol. The van der Waals surface area contributed by atoms with E-state index in [9.17, 15) is 4.79 Å². The lowest BCUT2D eigenvalue weighted by molar-refractivity contribution is -0.114. The van der Waals surface area contributed by atoms with E-state index in [0.717, 1.165) is 12.0 Å². The second kappa shape index (κ2) is 13.7. The van der Waals surface area contributed by atoms with Gasteiger partial charge in [-0.25, -0.2) is 0 Å². The molecule has 4 N–H and O–H groups in total. The van der Waals surface area contributed by atoms with Crippen LogP contribution < -0.4 is 11.5 Å². The van der Waals surface area contributed by atoms with Gasteiger partial charge < -0.3 is 11.5 Å². The summed E-state index contributed by atoms with van der Waals surface area (Å²) in [5, 5.41) is 0. The van der Waals surface area contributed by atoms with Gasteiger partial charge in [0.25, 0.3) is 0 Å². The minimum absolute atomic E-state index is 0.176. The monoisotopic (exact) mass is 344 g/mol. The number of carbonyl (C=O) groups excluding carboxylic acids is 1. The first kappa shape index (κ1) is 21.4. The van der Waals surface area contributed by atoms with Gasteiger partial charge in [0.15, 0.2) is 0 Å². The highest BCUT2D eigenvalue weighted by atomic mass is 16.1. The van der Waals surface area contributed by atoms with Gasteiger partial charge in [-0.2, -0.15) is 0 Å². The highest BCUT2D eigenvalue weighted by Gasteiger charge is 2.02. The molecular formula is C22H36N2O. The number of aryl methyl sites for hydroxylation is 1. The van der Waals surface area contributed by atoms with Crippen LogP contribution >= 0.6 is 0 Å². The normalized spacial score (nSPS) is 11.7. The predicted octanol–water partition coefficient (Wildman–Crippen LogP) is 4.98. The van der Waals surface area contributed by atoms with Crippen LogP contribution in [0.15, 0.2) is 29.8 Å². The zero-order valence-corrected chi connectivity index (χ0v) is 15.9. The molecule has 25 heavy (non-hydrogen) atoms. The lowest BCUT2D eigenvalue weighted by Gasteiger charge is -2.04. The van der Waals surface area contributed by atoms with Crippen molar-refractivity contribution in [3.63, 3.8) is 0 Å². The van der Waals surface area contributed by atoms with Crippen LogP contribution in [0.5, 0.6) is 0 Å². The average Bonchev–Trinajstić information content (AvgIpc) is 2.62. The lowest BCUT2D eigenvalue weighted by atomic mass is 10.0. The second-order valence-electron chi connectivity index (χ2n) is 6.91. The van der Waals surface area contributed by atoms with Crippen LogP contribution in [-0.2, 0) is 11.2 Å². The molecule has 0 bridgehead atoms. The maximum absolute atomic E-state index is 11.2. The van der Waals surface area contributed by atoms with Crippen molar-refractivity contribution in [2.75, 3.05) is 6.54 Å². The maximum atomic E-state index is 11.2. The first-order valence-electron chi connectivity index (χ1n) is 9.96. The molecule has 140 valence electrons. The van der Waals surface area contributed by atoms with Crippen molar-refractivity contribution < 1.29 is 4.79 Å². The molecule has 1 aromatic rings. The molecule has 0 heterocycles. The first-order chi connectivity index (χ1) is 12.2. The largest absolute Gasteiger partial charge is 0.366 e. The van der Waals surface area contributed by atoms with E-state index in [4.69, 9.17) is 11.5 Å². The van der Waals surface area contributed by atoms with E-state index < -0.39 is 5.91 Å². The maximum Gasteiger partial charge on any atom is 0.245 e. The molecule has 0 saturated heterocycles. The van der Waals surface area contributed by atoms with Gasteiger partial charge in [-0.3, -0.25) is 4.79 Å². The fraction of sp³-hybridized carbons (Fsp3) is 0.591. The summed E-state index contributed by atoms with van der Waals surface area (Å²) in [5.74, 6) is -0.447. The van der Waals surface area contributed by atoms with Crippen LogP contribution in [0.25, 0.3) is 6.08 Å². The number of hydrogen-bond donors (Lipinski definition) is 2. The molecule has 0 aliphatic carbocycles. The van der Waals surface area contributed by atoms with Crippen molar-refractivity contribution in [1.82, 2.24) is 0 Å². The van der Waals surface area contributed by atoms with Gasteiger partial charge in [0, 0.05) is 12.1 Å². The molecule has 1 amide bonds. The number of hydrogen-bond acceptors (Lipinski definition) is 2. The van der Waals surface area contributed by atoms with Gasteiger partial charge in [0.05, 0.1) is 0 Å². The number of rotatable bonds is 14. The molecule has 1 rings (SSSR count). The number of benzene rings is 1. The topological polar surface area (TPSA) is 69.1 Å². The Labute approximate surface area is 153 Å². The molecule has 0 unspecified atom stereocenters. The van der Waals surface area contributed by atoms with E-state index in [1.165, 1.54) is 69.8 Å². The van der Waals surface area contributed by atoms with Crippen LogP contribution in [-0.4, -0.2) is 12.5 Å². The molecule has 3 heteroatoms. The van der Waals surface area contributed by atoms with Crippen molar-refractivity contribution in [2.45, 2.75) is 77.6 Å². The Kier molecular flexibility index (Phi) is 11.7. The molecular weight excluding hydrogens is 308 g/mol. The smallest absolute Gasteiger partial charge is 0.245 e. The Morgan fingerprint density at radius 3 is 1.88 bits per heavy atom. The minimum Gasteiger partial charge on any atom is -0.366 e. The van der Waals surface area contributed by atoms with Crippen LogP contribution in [0.4, 0.5) is 0 Å². The molecule has 3 nitrogen and oxygen atoms in total. The number of primary amides is 1. The highest BCUT2D eigenvalue weighted by molar-refractivity contribution is 5.97. The number of carbonyl (C=O) groups is 1. The van der Waals surface area contributed by atoms with E-state index in [0.29, 0.717) is 5.57 Å². The Morgan fingerprint density at radius 1 is 0.880 bits per heavy atom. The van der Waals surface area contributed by atoms with Crippen LogP contribution in [0, 0.1) is 0 Å². The Balaban J connectivity index is 2.17. The summed E-state index contributed by atoms with van der Waals surface area (Å²) in [6.07, 6.45) is 16.5. The van der Waals surface area contributed by atoms with Crippen LogP contribution in [0.3, 0.4) is 0 Å². The lowest BCUT2D eigenvalue weighted by Crippen LogP contribution is -2.20. The van der Waals surface area contributed by atoms with Crippen LogP contribution in [0.1, 0.15) is 82.3 Å². The highest BCUT2D eigenvalue weighted by Crippen LogP contribution is 2.14. The third kappa shape index (κ3) is 10.1. The van der Waals surface area contributed by atoms with E-state index in [1.54, 1.807) is 6.08 Å². The van der Waals surface area contributed by atoms with E-state index in [1.807, 2.05) is 12.1 Å². The van der Waals surface area contributed by atoms with Gasteiger partial charge >= 0.3 is 0 Å². The summed E-state index contributed by atoms with van der Waals surface area (Å²) in [6, 6.07) is 8.33. The molecule has 1 aromatic carbocycles.